The molecule has 0 radical (unpaired) electrons. The van der Waals surface area contributed by atoms with E-state index in [1.807, 2.05) is 0 Å². The Morgan fingerprint density at radius 1 is 1.42 bits per heavy atom. The molecule has 0 atom stereocenters. The minimum atomic E-state index is -0.423. The number of nitrogens with one attached hydrogen (secondary N) is 1. The van der Waals surface area contributed by atoms with Crippen LogP contribution >= 0.6 is 11.6 Å². The molecule has 1 rings (SSSR count). The van der Waals surface area contributed by atoms with Crippen LogP contribution in [0.5, 0.6) is 0 Å². The summed E-state index contributed by atoms with van der Waals surface area (Å²) < 4.78 is 5.02. The Morgan fingerprint density at radius 2 is 2.05 bits per heavy atom. The minimum Gasteiger partial charge on any atom is -0.462 e. The number of anilines is 2. The van der Waals surface area contributed by atoms with Gasteiger partial charge in [0.15, 0.2) is 0 Å². The number of benzene rings is 1. The van der Waals surface area contributed by atoms with Crippen LogP contribution < -0.4 is 11.1 Å². The monoisotopic (exact) mass is 284 g/mol. The molecule has 106 valence electrons. The van der Waals surface area contributed by atoms with Gasteiger partial charge in [0.25, 0.3) is 0 Å². The average Bonchev–Trinajstić information content (AvgIpc) is 2.25. The van der Waals surface area contributed by atoms with Gasteiger partial charge in [-0.05, 0) is 24.5 Å². The lowest BCUT2D eigenvalue weighted by Crippen LogP contribution is -2.21. The number of ether oxygens (including phenoxy) is 1. The summed E-state index contributed by atoms with van der Waals surface area (Å²) in [4.78, 5) is 11.9. The fourth-order valence-electron chi connectivity index (χ4n) is 1.53. The predicted molar refractivity (Wildman–Crippen MR) is 79.8 cm³/mol. The maximum absolute atomic E-state index is 11.9. The molecule has 0 aromatic heterocycles. The largest absolute Gasteiger partial charge is 0.462 e. The van der Waals surface area contributed by atoms with Gasteiger partial charge in [0, 0.05) is 12.2 Å². The van der Waals surface area contributed by atoms with Gasteiger partial charge in [-0.2, -0.15) is 0 Å². The zero-order chi connectivity index (χ0) is 14.6. The molecule has 4 nitrogen and oxygen atoms in total. The molecular formula is C14H21ClN2O2. The molecule has 5 heteroatoms. The van der Waals surface area contributed by atoms with Crippen LogP contribution in [-0.2, 0) is 4.74 Å². The summed E-state index contributed by atoms with van der Waals surface area (Å²) in [5.74, 6) is -0.423. The Kier molecular flexibility index (Phi) is 5.06. The third-order valence-corrected chi connectivity index (χ3v) is 2.70. The number of hydrogen-bond acceptors (Lipinski definition) is 4. The molecule has 19 heavy (non-hydrogen) atoms. The zero-order valence-corrected chi connectivity index (χ0v) is 12.6. The Bertz CT molecular complexity index is 467. The standard InChI is InChI=1S/C14H21ClN2O2/c1-5-19-13(18)10-6-9(16)7-11(15)12(10)17-8-14(2,3)4/h6-7,17H,5,8,16H2,1-4H3. The second-order valence-corrected chi connectivity index (χ2v) is 5.97. The highest BCUT2D eigenvalue weighted by molar-refractivity contribution is 6.34. The van der Waals surface area contributed by atoms with Crippen LogP contribution in [-0.4, -0.2) is 19.1 Å². The van der Waals surface area contributed by atoms with E-state index in [0.29, 0.717) is 35.1 Å². The van der Waals surface area contributed by atoms with E-state index in [2.05, 4.69) is 26.1 Å². The highest BCUT2D eigenvalue weighted by Gasteiger charge is 2.18. The van der Waals surface area contributed by atoms with Gasteiger partial charge in [0.1, 0.15) is 0 Å². The topological polar surface area (TPSA) is 64.3 Å². The zero-order valence-electron chi connectivity index (χ0n) is 11.8. The van der Waals surface area contributed by atoms with E-state index in [9.17, 15) is 4.79 Å². The highest BCUT2D eigenvalue weighted by Crippen LogP contribution is 2.31. The normalized spacial score (nSPS) is 11.2. The molecule has 1 aromatic carbocycles. The van der Waals surface area contributed by atoms with E-state index in [4.69, 9.17) is 22.1 Å². The number of hydrogen-bond donors (Lipinski definition) is 2. The highest BCUT2D eigenvalue weighted by atomic mass is 35.5. The van der Waals surface area contributed by atoms with Crippen molar-refractivity contribution in [1.82, 2.24) is 0 Å². The maximum Gasteiger partial charge on any atom is 0.340 e. The molecule has 0 aliphatic carbocycles. The third-order valence-electron chi connectivity index (χ3n) is 2.40. The Hall–Kier alpha value is -1.42. The molecule has 0 saturated heterocycles. The van der Waals surface area contributed by atoms with Crippen LogP contribution in [0.3, 0.4) is 0 Å². The first kappa shape index (κ1) is 15.6. The smallest absolute Gasteiger partial charge is 0.340 e. The number of carbonyl (C=O) groups is 1. The van der Waals surface area contributed by atoms with Gasteiger partial charge in [0.2, 0.25) is 0 Å². The fraction of sp³-hybridized carbons (Fsp3) is 0.500. The molecule has 1 aromatic rings. The van der Waals surface area contributed by atoms with E-state index < -0.39 is 5.97 Å². The summed E-state index contributed by atoms with van der Waals surface area (Å²) in [6, 6.07) is 3.20. The minimum absolute atomic E-state index is 0.0661. The van der Waals surface area contributed by atoms with Crippen LogP contribution in [0.2, 0.25) is 5.02 Å². The van der Waals surface area contributed by atoms with E-state index >= 15 is 0 Å². The van der Waals surface area contributed by atoms with Gasteiger partial charge in [-0.15, -0.1) is 0 Å². The van der Waals surface area contributed by atoms with Crippen molar-refractivity contribution in [2.75, 3.05) is 24.2 Å². The summed E-state index contributed by atoms with van der Waals surface area (Å²) in [5.41, 5.74) is 7.17. The first-order valence-corrected chi connectivity index (χ1v) is 6.62. The van der Waals surface area contributed by atoms with Gasteiger partial charge in [-0.3, -0.25) is 0 Å². The van der Waals surface area contributed by atoms with Gasteiger partial charge in [0.05, 0.1) is 22.9 Å². The maximum atomic E-state index is 11.9. The molecule has 3 N–H and O–H groups in total. The van der Waals surface area contributed by atoms with Crippen molar-refractivity contribution in [1.29, 1.82) is 0 Å². The van der Waals surface area contributed by atoms with Crippen molar-refractivity contribution in [3.05, 3.63) is 22.7 Å². The van der Waals surface area contributed by atoms with Crippen molar-refractivity contribution in [2.24, 2.45) is 5.41 Å². The number of nitrogen functional groups attached to an aromatic ring is 1. The van der Waals surface area contributed by atoms with Crippen molar-refractivity contribution >= 4 is 28.9 Å². The van der Waals surface area contributed by atoms with Crippen molar-refractivity contribution in [3.63, 3.8) is 0 Å². The molecule has 0 amide bonds. The van der Waals surface area contributed by atoms with Gasteiger partial charge < -0.3 is 15.8 Å². The SMILES string of the molecule is CCOC(=O)c1cc(N)cc(Cl)c1NCC(C)(C)C. The van der Waals surface area contributed by atoms with Gasteiger partial charge >= 0.3 is 5.97 Å². The fourth-order valence-corrected chi connectivity index (χ4v) is 1.83. The first-order chi connectivity index (χ1) is 8.74. The lowest BCUT2D eigenvalue weighted by Gasteiger charge is -2.21. The number of halogens is 1. The summed E-state index contributed by atoms with van der Waals surface area (Å²) in [6.45, 7) is 9.03. The number of rotatable bonds is 4. The quantitative estimate of drug-likeness (QED) is 0.655. The molecular weight excluding hydrogens is 264 g/mol. The second-order valence-electron chi connectivity index (χ2n) is 5.56. The van der Waals surface area contributed by atoms with Crippen LogP contribution in [0, 0.1) is 5.41 Å². The van der Waals surface area contributed by atoms with E-state index in [0.717, 1.165) is 0 Å². The van der Waals surface area contributed by atoms with Crippen LogP contribution in [0.15, 0.2) is 12.1 Å². The third kappa shape index (κ3) is 4.63. The number of nitrogens with two attached hydrogens (primary N) is 1. The molecule has 0 saturated carbocycles. The summed E-state index contributed by atoms with van der Waals surface area (Å²) >= 11 is 6.16. The van der Waals surface area contributed by atoms with Gasteiger partial charge in [-0.25, -0.2) is 4.79 Å². The molecule has 0 unspecified atom stereocenters. The lowest BCUT2D eigenvalue weighted by atomic mass is 9.96. The van der Waals surface area contributed by atoms with Crippen molar-refractivity contribution < 1.29 is 9.53 Å². The van der Waals surface area contributed by atoms with E-state index in [1.165, 1.54) is 0 Å². The summed E-state index contributed by atoms with van der Waals surface area (Å²) in [5, 5.41) is 3.62. The van der Waals surface area contributed by atoms with Crippen molar-refractivity contribution in [2.45, 2.75) is 27.7 Å². The van der Waals surface area contributed by atoms with Gasteiger partial charge in [-0.1, -0.05) is 32.4 Å². The summed E-state index contributed by atoms with van der Waals surface area (Å²) in [6.07, 6.45) is 0. The first-order valence-electron chi connectivity index (χ1n) is 6.24. The van der Waals surface area contributed by atoms with Crippen LogP contribution in [0.4, 0.5) is 11.4 Å². The molecule has 0 bridgehead atoms. The predicted octanol–water partition coefficient (Wildman–Crippen LogP) is 3.56. The lowest BCUT2D eigenvalue weighted by molar-refractivity contribution is 0.0527. The number of carbonyl (C=O) groups excluding carboxylic acids is 1. The molecule has 0 aliphatic heterocycles. The Morgan fingerprint density at radius 3 is 2.58 bits per heavy atom. The second kappa shape index (κ2) is 6.15. The number of esters is 1. The molecule has 0 heterocycles. The Labute approximate surface area is 119 Å². The average molecular weight is 285 g/mol. The van der Waals surface area contributed by atoms with E-state index in [-0.39, 0.29) is 5.41 Å². The van der Waals surface area contributed by atoms with Crippen LogP contribution in [0.1, 0.15) is 38.1 Å². The van der Waals surface area contributed by atoms with E-state index in [1.54, 1.807) is 19.1 Å². The molecule has 0 spiro atoms. The van der Waals surface area contributed by atoms with Crippen molar-refractivity contribution in [3.8, 4) is 0 Å². The Balaban J connectivity index is 3.09. The summed E-state index contributed by atoms with van der Waals surface area (Å²) in [7, 11) is 0. The van der Waals surface area contributed by atoms with Crippen LogP contribution in [0.25, 0.3) is 0 Å². The molecule has 0 fully saturated rings. The molecule has 0 aliphatic rings.